The zero-order chi connectivity index (χ0) is 15.1. The molecule has 0 aliphatic heterocycles. The smallest absolute Gasteiger partial charge is 0.158 e. The number of aromatic nitrogens is 1. The lowest BCUT2D eigenvalue weighted by Gasteiger charge is -2.11. The van der Waals surface area contributed by atoms with Crippen LogP contribution in [0.15, 0.2) is 66.7 Å². The Morgan fingerprint density at radius 2 is 1.23 bits per heavy atom. The Hall–Kier alpha value is -3.07. The summed E-state index contributed by atoms with van der Waals surface area (Å²) in [4.78, 5) is 4.69. The van der Waals surface area contributed by atoms with Crippen molar-refractivity contribution in [3.05, 3.63) is 66.7 Å². The van der Waals surface area contributed by atoms with Gasteiger partial charge in [-0.3, -0.25) is 0 Å². The molecule has 0 atom stereocenters. The molecule has 1 heterocycles. The van der Waals surface area contributed by atoms with Crippen molar-refractivity contribution in [3.8, 4) is 22.6 Å². The van der Waals surface area contributed by atoms with Crippen LogP contribution in [-0.4, -0.2) is 15.2 Å². The predicted octanol–water partition coefficient (Wildman–Crippen LogP) is 4.47. The van der Waals surface area contributed by atoms with E-state index in [4.69, 9.17) is 4.98 Å². The van der Waals surface area contributed by atoms with Crippen molar-refractivity contribution in [2.45, 2.75) is 0 Å². The number of phenols is 2. The average molecular weight is 287 g/mol. The topological polar surface area (TPSA) is 53.4 Å². The molecule has 3 heteroatoms. The fourth-order valence-electron chi connectivity index (χ4n) is 2.83. The number of phenolic OH excluding ortho intramolecular Hbond substituents is 2. The quantitative estimate of drug-likeness (QED) is 0.401. The van der Waals surface area contributed by atoms with Gasteiger partial charge in [0.2, 0.25) is 0 Å². The van der Waals surface area contributed by atoms with E-state index in [0.717, 1.165) is 32.9 Å². The molecule has 0 saturated heterocycles. The molecule has 4 rings (SSSR count). The SMILES string of the molecule is Oc1ccc(-c2c3ccccc3nc3ccccc23)cc1O. The highest BCUT2D eigenvalue weighted by Gasteiger charge is 2.12. The Labute approximate surface area is 127 Å². The summed E-state index contributed by atoms with van der Waals surface area (Å²) in [5, 5.41) is 21.4. The third kappa shape index (κ3) is 1.87. The van der Waals surface area contributed by atoms with Crippen molar-refractivity contribution in [2.24, 2.45) is 0 Å². The Morgan fingerprint density at radius 1 is 0.636 bits per heavy atom. The number of aromatic hydroxyl groups is 2. The van der Waals surface area contributed by atoms with E-state index in [0.29, 0.717) is 0 Å². The Morgan fingerprint density at radius 3 is 1.82 bits per heavy atom. The van der Waals surface area contributed by atoms with Gasteiger partial charge in [0.05, 0.1) is 11.0 Å². The van der Waals surface area contributed by atoms with E-state index in [1.54, 1.807) is 6.07 Å². The second-order valence-electron chi connectivity index (χ2n) is 5.22. The summed E-state index contributed by atoms with van der Waals surface area (Å²) >= 11 is 0. The van der Waals surface area contributed by atoms with Gasteiger partial charge in [-0.25, -0.2) is 4.98 Å². The van der Waals surface area contributed by atoms with Gasteiger partial charge in [-0.15, -0.1) is 0 Å². The van der Waals surface area contributed by atoms with Crippen LogP contribution in [0.4, 0.5) is 0 Å². The third-order valence-corrected chi connectivity index (χ3v) is 3.85. The number of pyridine rings is 1. The lowest BCUT2D eigenvalue weighted by atomic mass is 9.96. The summed E-state index contributed by atoms with van der Waals surface area (Å²) in [5.74, 6) is -0.242. The summed E-state index contributed by atoms with van der Waals surface area (Å²) in [6.07, 6.45) is 0. The van der Waals surface area contributed by atoms with Crippen LogP contribution in [-0.2, 0) is 0 Å². The Balaban J connectivity index is 2.18. The number of para-hydroxylation sites is 2. The number of hydrogen-bond donors (Lipinski definition) is 2. The molecule has 0 aliphatic carbocycles. The molecule has 0 amide bonds. The molecular formula is C19H13NO2. The Bertz CT molecular complexity index is 955. The standard InChI is InChI=1S/C19H13NO2/c21-17-10-9-12(11-18(17)22)19-13-5-1-3-7-15(13)20-16-8-4-2-6-14(16)19/h1-11,21-22H. The minimum atomic E-state index is -0.123. The number of benzene rings is 3. The lowest BCUT2D eigenvalue weighted by Crippen LogP contribution is -1.88. The van der Waals surface area contributed by atoms with E-state index in [1.807, 2.05) is 54.6 Å². The minimum Gasteiger partial charge on any atom is -0.504 e. The third-order valence-electron chi connectivity index (χ3n) is 3.85. The molecule has 3 nitrogen and oxygen atoms in total. The number of nitrogens with zero attached hydrogens (tertiary/aromatic N) is 1. The molecule has 4 aromatic rings. The first-order chi connectivity index (χ1) is 10.7. The van der Waals surface area contributed by atoms with Crippen molar-refractivity contribution >= 4 is 21.8 Å². The second kappa shape index (κ2) is 4.74. The van der Waals surface area contributed by atoms with Gasteiger partial charge in [0.15, 0.2) is 11.5 Å². The fourth-order valence-corrected chi connectivity index (χ4v) is 2.83. The van der Waals surface area contributed by atoms with Gasteiger partial charge in [-0.1, -0.05) is 42.5 Å². The molecule has 0 unspecified atom stereocenters. The summed E-state index contributed by atoms with van der Waals surface area (Å²) in [5.41, 5.74) is 3.68. The number of rotatable bonds is 1. The van der Waals surface area contributed by atoms with Crippen LogP contribution in [0.1, 0.15) is 0 Å². The maximum Gasteiger partial charge on any atom is 0.158 e. The molecule has 106 valence electrons. The number of fused-ring (bicyclic) bond motifs is 2. The molecule has 0 radical (unpaired) electrons. The Kier molecular flexibility index (Phi) is 2.73. The van der Waals surface area contributed by atoms with Gasteiger partial charge in [-0.2, -0.15) is 0 Å². The maximum atomic E-state index is 9.84. The molecular weight excluding hydrogens is 274 g/mol. The van der Waals surface area contributed by atoms with Gasteiger partial charge in [0.1, 0.15) is 0 Å². The van der Waals surface area contributed by atoms with E-state index in [2.05, 4.69) is 0 Å². The van der Waals surface area contributed by atoms with E-state index < -0.39 is 0 Å². The zero-order valence-corrected chi connectivity index (χ0v) is 11.7. The van der Waals surface area contributed by atoms with Gasteiger partial charge in [0.25, 0.3) is 0 Å². The van der Waals surface area contributed by atoms with E-state index >= 15 is 0 Å². The highest BCUT2D eigenvalue weighted by molar-refractivity contribution is 6.09. The normalized spacial score (nSPS) is 11.1. The summed E-state index contributed by atoms with van der Waals surface area (Å²) in [6, 6.07) is 20.8. The molecule has 22 heavy (non-hydrogen) atoms. The molecule has 0 fully saturated rings. The van der Waals surface area contributed by atoms with Crippen molar-refractivity contribution in [3.63, 3.8) is 0 Å². The minimum absolute atomic E-state index is 0.119. The van der Waals surface area contributed by atoms with Crippen molar-refractivity contribution in [1.29, 1.82) is 0 Å². The summed E-state index contributed by atoms with van der Waals surface area (Å²) in [6.45, 7) is 0. The van der Waals surface area contributed by atoms with Crippen molar-refractivity contribution < 1.29 is 10.2 Å². The predicted molar refractivity (Wildman–Crippen MR) is 88.0 cm³/mol. The van der Waals surface area contributed by atoms with Gasteiger partial charge < -0.3 is 10.2 Å². The molecule has 2 N–H and O–H groups in total. The zero-order valence-electron chi connectivity index (χ0n) is 11.7. The first kappa shape index (κ1) is 12.7. The van der Waals surface area contributed by atoms with Gasteiger partial charge >= 0.3 is 0 Å². The van der Waals surface area contributed by atoms with Crippen LogP contribution in [0.3, 0.4) is 0 Å². The van der Waals surface area contributed by atoms with Gasteiger partial charge in [0, 0.05) is 16.3 Å². The van der Waals surface area contributed by atoms with Crippen molar-refractivity contribution in [2.75, 3.05) is 0 Å². The fraction of sp³-hybridized carbons (Fsp3) is 0. The average Bonchev–Trinajstić information content (AvgIpc) is 2.55. The van der Waals surface area contributed by atoms with Gasteiger partial charge in [-0.05, 0) is 29.8 Å². The highest BCUT2D eigenvalue weighted by Crippen LogP contribution is 2.37. The van der Waals surface area contributed by atoms with E-state index in [1.165, 1.54) is 6.07 Å². The number of hydrogen-bond acceptors (Lipinski definition) is 3. The molecule has 0 spiro atoms. The van der Waals surface area contributed by atoms with Crippen molar-refractivity contribution in [1.82, 2.24) is 4.98 Å². The van der Waals surface area contributed by atoms with E-state index in [-0.39, 0.29) is 11.5 Å². The van der Waals surface area contributed by atoms with Crippen LogP contribution in [0.5, 0.6) is 11.5 Å². The molecule has 1 aromatic heterocycles. The molecule has 0 saturated carbocycles. The van der Waals surface area contributed by atoms with Crippen LogP contribution in [0.25, 0.3) is 32.9 Å². The summed E-state index contributed by atoms with van der Waals surface area (Å²) in [7, 11) is 0. The van der Waals surface area contributed by atoms with E-state index in [9.17, 15) is 10.2 Å². The summed E-state index contributed by atoms with van der Waals surface area (Å²) < 4.78 is 0. The highest BCUT2D eigenvalue weighted by atomic mass is 16.3. The largest absolute Gasteiger partial charge is 0.504 e. The molecule has 0 bridgehead atoms. The second-order valence-corrected chi connectivity index (χ2v) is 5.22. The first-order valence-electron chi connectivity index (χ1n) is 7.04. The van der Waals surface area contributed by atoms with Crippen LogP contribution in [0.2, 0.25) is 0 Å². The van der Waals surface area contributed by atoms with Crippen LogP contribution >= 0.6 is 0 Å². The van der Waals surface area contributed by atoms with Crippen LogP contribution in [0, 0.1) is 0 Å². The lowest BCUT2D eigenvalue weighted by molar-refractivity contribution is 0.404. The van der Waals surface area contributed by atoms with Crippen LogP contribution < -0.4 is 0 Å². The molecule has 0 aliphatic rings. The first-order valence-corrected chi connectivity index (χ1v) is 7.04. The monoisotopic (exact) mass is 287 g/mol. The maximum absolute atomic E-state index is 9.84. The molecule has 3 aromatic carbocycles.